The molecule has 3 rings (SSSR count). The van der Waals surface area contributed by atoms with Crippen molar-refractivity contribution >= 4 is 23.2 Å². The van der Waals surface area contributed by atoms with Gasteiger partial charge in [0.05, 0.1) is 4.88 Å². The number of carboxylic acid groups (broad SMARTS) is 1. The zero-order chi connectivity index (χ0) is 17.8. The van der Waals surface area contributed by atoms with Gasteiger partial charge in [0.2, 0.25) is 0 Å². The Morgan fingerprint density at radius 3 is 3.00 bits per heavy atom. The van der Waals surface area contributed by atoms with E-state index in [4.69, 9.17) is 9.84 Å². The van der Waals surface area contributed by atoms with Crippen LogP contribution in [0.1, 0.15) is 39.0 Å². The van der Waals surface area contributed by atoms with E-state index < -0.39 is 5.97 Å². The first-order valence-corrected chi connectivity index (χ1v) is 9.16. The highest BCUT2D eigenvalue weighted by Crippen LogP contribution is 2.32. The second-order valence-corrected chi connectivity index (χ2v) is 7.56. The van der Waals surface area contributed by atoms with Gasteiger partial charge in [0.1, 0.15) is 5.75 Å². The predicted octanol–water partition coefficient (Wildman–Crippen LogP) is 3.27. The molecule has 1 heterocycles. The highest BCUT2D eigenvalue weighted by atomic mass is 32.1. The average molecular weight is 359 g/mol. The third-order valence-corrected chi connectivity index (χ3v) is 5.50. The predicted molar refractivity (Wildman–Crippen MR) is 96.3 cm³/mol. The van der Waals surface area contributed by atoms with Gasteiger partial charge < -0.3 is 15.2 Å². The lowest BCUT2D eigenvalue weighted by Crippen LogP contribution is -2.21. The molecule has 2 N–H and O–H groups in total. The molecule has 2 aromatic rings. The third-order valence-electron chi connectivity index (χ3n) is 4.27. The Bertz CT molecular complexity index is 783. The van der Waals surface area contributed by atoms with E-state index in [-0.39, 0.29) is 12.5 Å². The van der Waals surface area contributed by atoms with Crippen LogP contribution in [-0.2, 0) is 24.2 Å². The lowest BCUT2D eigenvalue weighted by atomic mass is 9.90. The zero-order valence-electron chi connectivity index (χ0n) is 14.1. The van der Waals surface area contributed by atoms with Crippen molar-refractivity contribution in [2.75, 3.05) is 6.61 Å². The molecule has 1 aromatic heterocycles. The number of amides is 1. The summed E-state index contributed by atoms with van der Waals surface area (Å²) >= 11 is 1.59. The summed E-state index contributed by atoms with van der Waals surface area (Å²) in [6.45, 7) is 2.25. The van der Waals surface area contributed by atoms with Crippen molar-refractivity contribution in [3.8, 4) is 5.75 Å². The SMILES string of the molecule is CC1CCc2sc(C(=O)NCc3cccc(OCC(=O)O)c3)cc2C1. The fourth-order valence-electron chi connectivity index (χ4n) is 2.98. The molecule has 0 bridgehead atoms. The van der Waals surface area contributed by atoms with Gasteiger partial charge in [0.25, 0.3) is 5.91 Å². The summed E-state index contributed by atoms with van der Waals surface area (Å²) in [6, 6.07) is 9.11. The number of rotatable bonds is 6. The number of benzene rings is 1. The Morgan fingerprint density at radius 1 is 1.36 bits per heavy atom. The molecule has 0 radical (unpaired) electrons. The van der Waals surface area contributed by atoms with Crippen LogP contribution in [0.25, 0.3) is 0 Å². The molecule has 5 nitrogen and oxygen atoms in total. The molecular weight excluding hydrogens is 338 g/mol. The van der Waals surface area contributed by atoms with Crippen molar-refractivity contribution in [1.29, 1.82) is 0 Å². The third kappa shape index (κ3) is 4.60. The number of hydrogen-bond acceptors (Lipinski definition) is 4. The summed E-state index contributed by atoms with van der Waals surface area (Å²) in [5, 5.41) is 11.6. The fourth-order valence-corrected chi connectivity index (χ4v) is 4.10. The maximum absolute atomic E-state index is 12.4. The van der Waals surface area contributed by atoms with Crippen molar-refractivity contribution in [2.24, 2.45) is 5.92 Å². The van der Waals surface area contributed by atoms with Gasteiger partial charge in [0, 0.05) is 11.4 Å². The topological polar surface area (TPSA) is 75.6 Å². The van der Waals surface area contributed by atoms with E-state index in [2.05, 4.69) is 12.2 Å². The number of hydrogen-bond donors (Lipinski definition) is 2. The number of fused-ring (bicyclic) bond motifs is 1. The van der Waals surface area contributed by atoms with E-state index in [0.717, 1.165) is 23.3 Å². The van der Waals surface area contributed by atoms with Crippen LogP contribution in [0.3, 0.4) is 0 Å². The van der Waals surface area contributed by atoms with E-state index >= 15 is 0 Å². The highest BCUT2D eigenvalue weighted by molar-refractivity contribution is 7.14. The Kier molecular flexibility index (Phi) is 5.38. The normalized spacial score (nSPS) is 16.1. The van der Waals surface area contributed by atoms with Crippen LogP contribution in [0.2, 0.25) is 0 Å². The van der Waals surface area contributed by atoms with E-state index in [1.54, 1.807) is 29.5 Å². The monoisotopic (exact) mass is 359 g/mol. The van der Waals surface area contributed by atoms with Gasteiger partial charge >= 0.3 is 5.97 Å². The zero-order valence-corrected chi connectivity index (χ0v) is 14.9. The molecule has 1 aliphatic carbocycles. The number of ether oxygens (including phenoxy) is 1. The molecular formula is C19H21NO4S. The molecule has 0 spiro atoms. The van der Waals surface area contributed by atoms with E-state index in [1.165, 1.54) is 16.9 Å². The second kappa shape index (κ2) is 7.70. The molecule has 0 saturated heterocycles. The molecule has 0 saturated carbocycles. The Hall–Kier alpha value is -2.34. The summed E-state index contributed by atoms with van der Waals surface area (Å²) < 4.78 is 5.15. The number of carboxylic acids is 1. The van der Waals surface area contributed by atoms with E-state index in [0.29, 0.717) is 18.2 Å². The van der Waals surface area contributed by atoms with E-state index in [9.17, 15) is 9.59 Å². The summed E-state index contributed by atoms with van der Waals surface area (Å²) in [7, 11) is 0. The molecule has 1 atom stereocenters. The highest BCUT2D eigenvalue weighted by Gasteiger charge is 2.20. The summed E-state index contributed by atoms with van der Waals surface area (Å²) in [5.74, 6) is 0.0832. The molecule has 132 valence electrons. The van der Waals surface area contributed by atoms with Gasteiger partial charge in [-0.2, -0.15) is 0 Å². The van der Waals surface area contributed by atoms with Crippen LogP contribution in [0, 0.1) is 5.92 Å². The van der Waals surface area contributed by atoms with Gasteiger partial charge in [-0.3, -0.25) is 4.79 Å². The van der Waals surface area contributed by atoms with Crippen molar-refractivity contribution in [3.63, 3.8) is 0 Å². The standard InChI is InChI=1S/C19H21NO4S/c1-12-5-6-16-14(7-12)9-17(25-16)19(23)20-10-13-3-2-4-15(8-13)24-11-18(21)22/h2-4,8-9,12H,5-7,10-11H2,1H3,(H,20,23)(H,21,22). The molecule has 1 aliphatic rings. The molecule has 0 aliphatic heterocycles. The van der Waals surface area contributed by atoms with Gasteiger partial charge in [0.15, 0.2) is 6.61 Å². The van der Waals surface area contributed by atoms with Crippen molar-refractivity contribution in [1.82, 2.24) is 5.32 Å². The van der Waals surface area contributed by atoms with Gasteiger partial charge in [-0.15, -0.1) is 11.3 Å². The minimum Gasteiger partial charge on any atom is -0.482 e. The Labute approximate surface area is 150 Å². The molecule has 6 heteroatoms. The van der Waals surface area contributed by atoms with Crippen LogP contribution in [0.4, 0.5) is 0 Å². The number of carbonyl (C=O) groups excluding carboxylic acids is 1. The van der Waals surface area contributed by atoms with Crippen LogP contribution in [-0.4, -0.2) is 23.6 Å². The quantitative estimate of drug-likeness (QED) is 0.830. The Morgan fingerprint density at radius 2 is 2.20 bits per heavy atom. The fraction of sp³-hybridized carbons (Fsp3) is 0.368. The molecule has 1 aromatic carbocycles. The summed E-state index contributed by atoms with van der Waals surface area (Å²) in [5.41, 5.74) is 2.18. The summed E-state index contributed by atoms with van der Waals surface area (Å²) in [6.07, 6.45) is 3.32. The molecule has 1 amide bonds. The van der Waals surface area contributed by atoms with Crippen molar-refractivity contribution in [3.05, 3.63) is 51.2 Å². The van der Waals surface area contributed by atoms with Crippen LogP contribution in [0.5, 0.6) is 5.75 Å². The van der Waals surface area contributed by atoms with Crippen LogP contribution in [0.15, 0.2) is 30.3 Å². The van der Waals surface area contributed by atoms with E-state index in [1.807, 2.05) is 12.1 Å². The number of nitrogens with one attached hydrogen (secondary N) is 1. The maximum atomic E-state index is 12.4. The smallest absolute Gasteiger partial charge is 0.341 e. The number of carbonyl (C=O) groups is 2. The average Bonchev–Trinajstić information content (AvgIpc) is 3.01. The number of aryl methyl sites for hydroxylation is 1. The lowest BCUT2D eigenvalue weighted by molar-refractivity contribution is -0.139. The first-order valence-electron chi connectivity index (χ1n) is 8.34. The lowest BCUT2D eigenvalue weighted by Gasteiger charge is -2.16. The number of thiophene rings is 1. The molecule has 25 heavy (non-hydrogen) atoms. The summed E-state index contributed by atoms with van der Waals surface area (Å²) in [4.78, 5) is 25.1. The van der Waals surface area contributed by atoms with Gasteiger partial charge in [-0.05, 0) is 54.5 Å². The first-order chi connectivity index (χ1) is 12.0. The van der Waals surface area contributed by atoms with Gasteiger partial charge in [-0.1, -0.05) is 19.1 Å². The van der Waals surface area contributed by atoms with Crippen LogP contribution >= 0.6 is 11.3 Å². The Balaban J connectivity index is 1.59. The minimum atomic E-state index is -1.02. The van der Waals surface area contributed by atoms with Gasteiger partial charge in [-0.25, -0.2) is 4.79 Å². The van der Waals surface area contributed by atoms with Crippen molar-refractivity contribution < 1.29 is 19.4 Å². The first kappa shape index (κ1) is 17.5. The second-order valence-electron chi connectivity index (χ2n) is 6.42. The minimum absolute atomic E-state index is 0.0658. The molecule has 1 unspecified atom stereocenters. The van der Waals surface area contributed by atoms with Crippen molar-refractivity contribution in [2.45, 2.75) is 32.7 Å². The molecule has 0 fully saturated rings. The maximum Gasteiger partial charge on any atom is 0.341 e. The largest absolute Gasteiger partial charge is 0.482 e. The van der Waals surface area contributed by atoms with Crippen LogP contribution < -0.4 is 10.1 Å². The number of aliphatic carboxylic acids is 1.